The minimum Gasteiger partial charge on any atom is -0.480 e. The number of methoxy groups -OCH3 is 1. The van der Waals surface area contributed by atoms with Crippen LogP contribution < -0.4 is 10.6 Å². The molecule has 1 aliphatic rings. The zero-order chi connectivity index (χ0) is 15.7. The number of likely N-dealkylation sites (tertiary alicyclic amines) is 1. The predicted octanol–water partition coefficient (Wildman–Crippen LogP) is -0.212. The molecule has 0 aromatic rings. The minimum atomic E-state index is -1.28. The first-order valence-corrected chi connectivity index (χ1v) is 7.09. The molecule has 8 heteroatoms. The van der Waals surface area contributed by atoms with Crippen LogP contribution in [0, 0.1) is 0 Å². The highest BCUT2D eigenvalue weighted by molar-refractivity contribution is 5.86. The molecule has 0 radical (unpaired) electrons. The van der Waals surface area contributed by atoms with Crippen molar-refractivity contribution in [2.45, 2.75) is 31.7 Å². The van der Waals surface area contributed by atoms with Crippen molar-refractivity contribution in [3.63, 3.8) is 0 Å². The number of ether oxygens (including phenoxy) is 1. The van der Waals surface area contributed by atoms with E-state index in [4.69, 9.17) is 5.11 Å². The number of nitrogens with one attached hydrogen (secondary N) is 2. The van der Waals surface area contributed by atoms with Gasteiger partial charge in [-0.25, -0.2) is 9.59 Å². The lowest BCUT2D eigenvalue weighted by Gasteiger charge is -2.26. The summed E-state index contributed by atoms with van der Waals surface area (Å²) in [5.41, 5.74) is 0. The lowest BCUT2D eigenvalue weighted by molar-refractivity contribution is -0.147. The van der Waals surface area contributed by atoms with Gasteiger partial charge >= 0.3 is 18.0 Å². The van der Waals surface area contributed by atoms with Crippen molar-refractivity contribution in [2.75, 3.05) is 33.3 Å². The van der Waals surface area contributed by atoms with E-state index in [2.05, 4.69) is 20.3 Å². The number of rotatable bonds is 7. The van der Waals surface area contributed by atoms with E-state index in [0.717, 1.165) is 19.6 Å². The molecule has 8 nitrogen and oxygen atoms in total. The van der Waals surface area contributed by atoms with E-state index in [1.807, 2.05) is 0 Å². The molecule has 0 aliphatic carbocycles. The van der Waals surface area contributed by atoms with Gasteiger partial charge in [0.2, 0.25) is 0 Å². The Hall–Kier alpha value is -1.83. The van der Waals surface area contributed by atoms with Crippen LogP contribution in [-0.4, -0.2) is 67.3 Å². The minimum absolute atomic E-state index is 0.397. The molecule has 1 aliphatic heterocycles. The molecule has 1 fully saturated rings. The zero-order valence-electron chi connectivity index (χ0n) is 12.3. The summed E-state index contributed by atoms with van der Waals surface area (Å²) >= 11 is 0. The van der Waals surface area contributed by atoms with Gasteiger partial charge in [0.1, 0.15) is 6.04 Å². The van der Waals surface area contributed by atoms with Gasteiger partial charge in [0, 0.05) is 13.1 Å². The number of amides is 2. The second-order valence-electron chi connectivity index (χ2n) is 4.97. The fourth-order valence-corrected chi connectivity index (χ4v) is 2.17. The molecule has 120 valence electrons. The van der Waals surface area contributed by atoms with Crippen molar-refractivity contribution < 1.29 is 24.2 Å². The molecule has 0 aromatic carbocycles. The molecule has 0 spiro atoms. The van der Waals surface area contributed by atoms with Crippen LogP contribution in [0.15, 0.2) is 0 Å². The van der Waals surface area contributed by atoms with Gasteiger partial charge in [-0.15, -0.1) is 0 Å². The summed E-state index contributed by atoms with van der Waals surface area (Å²) in [7, 11) is 1.17. The van der Waals surface area contributed by atoms with E-state index in [1.165, 1.54) is 26.4 Å². The van der Waals surface area contributed by atoms with Crippen LogP contribution in [0.2, 0.25) is 0 Å². The first-order chi connectivity index (χ1) is 10.0. The maximum absolute atomic E-state index is 11.6. The van der Waals surface area contributed by atoms with Gasteiger partial charge in [0.05, 0.1) is 13.5 Å². The van der Waals surface area contributed by atoms with Crippen molar-refractivity contribution in [1.82, 2.24) is 15.5 Å². The molecule has 0 saturated carbocycles. The van der Waals surface area contributed by atoms with Crippen LogP contribution >= 0.6 is 0 Å². The number of carboxylic acid groups (broad SMARTS) is 1. The maximum atomic E-state index is 11.6. The van der Waals surface area contributed by atoms with Gasteiger partial charge in [-0.1, -0.05) is 6.42 Å². The fraction of sp³-hybridized carbons (Fsp3) is 0.769. The number of carboxylic acids is 1. The van der Waals surface area contributed by atoms with Crippen LogP contribution in [0.1, 0.15) is 25.7 Å². The maximum Gasteiger partial charge on any atom is 0.326 e. The summed E-state index contributed by atoms with van der Waals surface area (Å²) in [6, 6.07) is -1.88. The van der Waals surface area contributed by atoms with Gasteiger partial charge in [-0.2, -0.15) is 0 Å². The van der Waals surface area contributed by atoms with Gasteiger partial charge in [-0.3, -0.25) is 4.79 Å². The summed E-state index contributed by atoms with van der Waals surface area (Å²) in [6.45, 7) is 3.24. The number of nitrogens with zero attached hydrogens (tertiary/aromatic N) is 1. The van der Waals surface area contributed by atoms with E-state index in [9.17, 15) is 14.4 Å². The van der Waals surface area contributed by atoms with Crippen molar-refractivity contribution in [3.8, 4) is 0 Å². The number of hydrogen-bond acceptors (Lipinski definition) is 5. The number of piperidine rings is 1. The zero-order valence-corrected chi connectivity index (χ0v) is 12.3. The Morgan fingerprint density at radius 1 is 1.24 bits per heavy atom. The molecular formula is C13H23N3O5. The quantitative estimate of drug-likeness (QED) is 0.561. The second kappa shape index (κ2) is 9.17. The predicted molar refractivity (Wildman–Crippen MR) is 74.9 cm³/mol. The molecule has 3 N–H and O–H groups in total. The summed E-state index contributed by atoms with van der Waals surface area (Å²) in [5, 5.41) is 13.8. The Morgan fingerprint density at radius 2 is 1.90 bits per heavy atom. The van der Waals surface area contributed by atoms with Gasteiger partial charge in [0.25, 0.3) is 0 Å². The van der Waals surface area contributed by atoms with E-state index in [-0.39, 0.29) is 0 Å². The van der Waals surface area contributed by atoms with Crippen LogP contribution in [0.5, 0.6) is 0 Å². The Morgan fingerprint density at radius 3 is 2.48 bits per heavy atom. The first-order valence-electron chi connectivity index (χ1n) is 7.09. The van der Waals surface area contributed by atoms with Crippen molar-refractivity contribution in [2.24, 2.45) is 0 Å². The van der Waals surface area contributed by atoms with E-state index in [1.54, 1.807) is 0 Å². The second-order valence-corrected chi connectivity index (χ2v) is 4.97. The summed E-state index contributed by atoms with van der Waals surface area (Å²) in [6.07, 6.45) is 3.20. The molecule has 1 rings (SSSR count). The van der Waals surface area contributed by atoms with Crippen molar-refractivity contribution in [3.05, 3.63) is 0 Å². The summed E-state index contributed by atoms with van der Waals surface area (Å²) < 4.78 is 4.39. The highest BCUT2D eigenvalue weighted by atomic mass is 16.5. The highest BCUT2D eigenvalue weighted by Gasteiger charge is 2.23. The van der Waals surface area contributed by atoms with Gasteiger partial charge in [0.15, 0.2) is 0 Å². The molecular weight excluding hydrogens is 278 g/mol. The standard InChI is InChI=1S/C13H23N3O5/c1-21-11(17)9-10(12(18)19)15-13(20)14-5-8-16-6-3-2-4-7-16/h10H,2-9H2,1H3,(H,18,19)(H2,14,15,20)/t10-/m0/s1. The SMILES string of the molecule is COC(=O)C[C@H](NC(=O)NCCN1CCCCC1)C(=O)O. The molecule has 1 atom stereocenters. The molecule has 2 amide bonds. The third kappa shape index (κ3) is 6.94. The first kappa shape index (κ1) is 17.2. The third-order valence-corrected chi connectivity index (χ3v) is 3.36. The van der Waals surface area contributed by atoms with Gasteiger partial charge < -0.3 is 25.4 Å². The average Bonchev–Trinajstić information content (AvgIpc) is 2.47. The molecule has 0 aromatic heterocycles. The number of urea groups is 1. The van der Waals surface area contributed by atoms with Crippen LogP contribution in [0.3, 0.4) is 0 Å². The number of aliphatic carboxylic acids is 1. The van der Waals surface area contributed by atoms with Crippen molar-refractivity contribution >= 4 is 18.0 Å². The van der Waals surface area contributed by atoms with Crippen molar-refractivity contribution in [1.29, 1.82) is 0 Å². The Bertz CT molecular complexity index is 369. The van der Waals surface area contributed by atoms with Crippen LogP contribution in [0.25, 0.3) is 0 Å². The van der Waals surface area contributed by atoms with Gasteiger partial charge in [-0.05, 0) is 25.9 Å². The summed E-state index contributed by atoms with van der Waals surface area (Å²) in [4.78, 5) is 35.9. The monoisotopic (exact) mass is 301 g/mol. The fourth-order valence-electron chi connectivity index (χ4n) is 2.17. The largest absolute Gasteiger partial charge is 0.480 e. The van der Waals surface area contributed by atoms with E-state index in [0.29, 0.717) is 6.54 Å². The summed E-state index contributed by atoms with van der Waals surface area (Å²) in [5.74, 6) is -1.96. The Balaban J connectivity index is 2.26. The highest BCUT2D eigenvalue weighted by Crippen LogP contribution is 2.07. The average molecular weight is 301 g/mol. The lowest BCUT2D eigenvalue weighted by atomic mass is 10.1. The lowest BCUT2D eigenvalue weighted by Crippen LogP contribution is -2.48. The third-order valence-electron chi connectivity index (χ3n) is 3.36. The normalized spacial score (nSPS) is 16.8. The van der Waals surface area contributed by atoms with Crippen LogP contribution in [-0.2, 0) is 14.3 Å². The van der Waals surface area contributed by atoms with E-state index < -0.39 is 30.4 Å². The topological polar surface area (TPSA) is 108 Å². The Labute approximate surface area is 123 Å². The molecule has 1 saturated heterocycles. The van der Waals surface area contributed by atoms with E-state index >= 15 is 0 Å². The number of carbonyl (C=O) groups is 3. The number of carbonyl (C=O) groups excluding carboxylic acids is 2. The molecule has 21 heavy (non-hydrogen) atoms. The smallest absolute Gasteiger partial charge is 0.326 e. The van der Waals surface area contributed by atoms with Crippen LogP contribution in [0.4, 0.5) is 4.79 Å². The molecule has 1 heterocycles. The number of hydrogen-bond donors (Lipinski definition) is 3. The number of esters is 1. The Kier molecular flexibility index (Phi) is 7.52. The molecule has 0 unspecified atom stereocenters. The molecule has 0 bridgehead atoms.